The van der Waals surface area contributed by atoms with Crippen molar-refractivity contribution in [1.29, 1.82) is 0 Å². The SMILES string of the molecule is COc1c(C)cccc1N(C)O. The number of hydrogen-bond donors (Lipinski definition) is 1. The predicted octanol–water partition coefficient (Wildman–Crippen LogP) is 1.83. The van der Waals surface area contributed by atoms with Crippen LogP contribution in [0.1, 0.15) is 5.56 Å². The molecule has 0 saturated heterocycles. The minimum atomic E-state index is 0.678. The standard InChI is InChI=1S/C9H13NO2/c1-7-5-4-6-8(10(2)11)9(7)12-3/h4-6,11H,1-3H3. The lowest BCUT2D eigenvalue weighted by atomic mass is 10.2. The van der Waals surface area contributed by atoms with Gasteiger partial charge in [-0.2, -0.15) is 0 Å². The fourth-order valence-corrected chi connectivity index (χ4v) is 1.16. The molecule has 12 heavy (non-hydrogen) atoms. The minimum absolute atomic E-state index is 0.678. The molecule has 1 rings (SSSR count). The number of ether oxygens (including phenoxy) is 1. The lowest BCUT2D eigenvalue weighted by molar-refractivity contribution is 0.274. The Bertz CT molecular complexity index is 271. The van der Waals surface area contributed by atoms with Gasteiger partial charge in [-0.15, -0.1) is 0 Å². The van der Waals surface area contributed by atoms with E-state index in [1.807, 2.05) is 19.1 Å². The Morgan fingerprint density at radius 1 is 1.42 bits per heavy atom. The molecule has 0 saturated carbocycles. The van der Waals surface area contributed by atoms with Crippen LogP contribution in [0.5, 0.6) is 5.75 Å². The lowest BCUT2D eigenvalue weighted by Gasteiger charge is -2.15. The first-order valence-electron chi connectivity index (χ1n) is 3.73. The van der Waals surface area contributed by atoms with E-state index in [1.165, 1.54) is 0 Å². The van der Waals surface area contributed by atoms with Crippen LogP contribution in [-0.2, 0) is 0 Å². The molecule has 0 aliphatic rings. The Hall–Kier alpha value is -1.22. The average Bonchev–Trinajstić information content (AvgIpc) is 2.03. The molecule has 1 aromatic carbocycles. The van der Waals surface area contributed by atoms with Crippen molar-refractivity contribution < 1.29 is 9.94 Å². The van der Waals surface area contributed by atoms with Crippen molar-refractivity contribution in [2.24, 2.45) is 0 Å². The summed E-state index contributed by atoms with van der Waals surface area (Å²) in [4.78, 5) is 0. The Morgan fingerprint density at radius 3 is 2.50 bits per heavy atom. The zero-order valence-corrected chi connectivity index (χ0v) is 7.53. The molecule has 0 aromatic heterocycles. The molecule has 0 amide bonds. The number of nitrogens with zero attached hydrogens (tertiary/aromatic N) is 1. The van der Waals surface area contributed by atoms with Gasteiger partial charge in [0.15, 0.2) is 0 Å². The van der Waals surface area contributed by atoms with E-state index in [0.717, 1.165) is 10.6 Å². The summed E-state index contributed by atoms with van der Waals surface area (Å²) in [5.41, 5.74) is 1.69. The van der Waals surface area contributed by atoms with Crippen LogP contribution in [0.25, 0.3) is 0 Å². The summed E-state index contributed by atoms with van der Waals surface area (Å²) in [5.74, 6) is 0.711. The molecule has 3 heteroatoms. The third-order valence-electron chi connectivity index (χ3n) is 1.74. The van der Waals surface area contributed by atoms with E-state index in [2.05, 4.69) is 0 Å². The number of rotatable bonds is 2. The van der Waals surface area contributed by atoms with Crippen LogP contribution >= 0.6 is 0 Å². The van der Waals surface area contributed by atoms with E-state index in [-0.39, 0.29) is 0 Å². The molecule has 0 bridgehead atoms. The second-order valence-corrected chi connectivity index (χ2v) is 2.65. The average molecular weight is 167 g/mol. The zero-order chi connectivity index (χ0) is 9.14. The van der Waals surface area contributed by atoms with Crippen molar-refractivity contribution in [1.82, 2.24) is 0 Å². The molecule has 0 aliphatic carbocycles. The van der Waals surface area contributed by atoms with Crippen LogP contribution in [0.2, 0.25) is 0 Å². The summed E-state index contributed by atoms with van der Waals surface area (Å²) in [6.45, 7) is 1.94. The third kappa shape index (κ3) is 1.51. The van der Waals surface area contributed by atoms with E-state index in [9.17, 15) is 5.21 Å². The first-order chi connectivity index (χ1) is 5.66. The van der Waals surface area contributed by atoms with Gasteiger partial charge in [-0.05, 0) is 18.6 Å². The van der Waals surface area contributed by atoms with Gasteiger partial charge < -0.3 is 4.74 Å². The molecule has 3 nitrogen and oxygen atoms in total. The zero-order valence-electron chi connectivity index (χ0n) is 7.53. The summed E-state index contributed by atoms with van der Waals surface area (Å²) >= 11 is 0. The Balaban J connectivity index is 3.18. The third-order valence-corrected chi connectivity index (χ3v) is 1.74. The van der Waals surface area contributed by atoms with Crippen LogP contribution in [0, 0.1) is 6.92 Å². The fraction of sp³-hybridized carbons (Fsp3) is 0.333. The van der Waals surface area contributed by atoms with Gasteiger partial charge >= 0.3 is 0 Å². The van der Waals surface area contributed by atoms with Gasteiger partial charge in [0.05, 0.1) is 7.11 Å². The molecular weight excluding hydrogens is 154 g/mol. The van der Waals surface area contributed by atoms with Gasteiger partial charge in [0.2, 0.25) is 0 Å². The topological polar surface area (TPSA) is 32.7 Å². The fourth-order valence-electron chi connectivity index (χ4n) is 1.16. The summed E-state index contributed by atoms with van der Waals surface area (Å²) in [6.07, 6.45) is 0. The molecule has 0 aliphatic heterocycles. The van der Waals surface area contributed by atoms with Gasteiger partial charge in [-0.25, -0.2) is 0 Å². The maximum atomic E-state index is 9.21. The summed E-state index contributed by atoms with van der Waals surface area (Å²) < 4.78 is 5.14. The Kier molecular flexibility index (Phi) is 2.55. The first kappa shape index (κ1) is 8.87. The monoisotopic (exact) mass is 167 g/mol. The van der Waals surface area contributed by atoms with Crippen LogP contribution in [-0.4, -0.2) is 19.4 Å². The first-order valence-corrected chi connectivity index (χ1v) is 3.73. The van der Waals surface area contributed by atoms with E-state index in [0.29, 0.717) is 11.4 Å². The molecule has 0 heterocycles. The molecule has 66 valence electrons. The second kappa shape index (κ2) is 3.45. The van der Waals surface area contributed by atoms with Crippen molar-refractivity contribution >= 4 is 5.69 Å². The summed E-state index contributed by atoms with van der Waals surface area (Å²) in [6, 6.07) is 5.61. The molecule has 1 N–H and O–H groups in total. The van der Waals surface area contributed by atoms with E-state index >= 15 is 0 Å². The van der Waals surface area contributed by atoms with Crippen LogP contribution in [0.4, 0.5) is 5.69 Å². The number of methoxy groups -OCH3 is 1. The summed E-state index contributed by atoms with van der Waals surface area (Å²) in [5, 5.41) is 10.3. The molecule has 1 aromatic rings. The maximum Gasteiger partial charge on any atom is 0.147 e. The molecule has 0 atom stereocenters. The van der Waals surface area contributed by atoms with Crippen molar-refractivity contribution in [3.05, 3.63) is 23.8 Å². The number of hydrogen-bond acceptors (Lipinski definition) is 3. The smallest absolute Gasteiger partial charge is 0.147 e. The van der Waals surface area contributed by atoms with Crippen LogP contribution in [0.3, 0.4) is 0 Å². The highest BCUT2D eigenvalue weighted by molar-refractivity contribution is 5.59. The Labute approximate surface area is 72.1 Å². The number of anilines is 1. The predicted molar refractivity (Wildman–Crippen MR) is 47.9 cm³/mol. The molecule has 0 radical (unpaired) electrons. The highest BCUT2D eigenvalue weighted by Gasteiger charge is 2.07. The highest BCUT2D eigenvalue weighted by atomic mass is 16.5. The lowest BCUT2D eigenvalue weighted by Crippen LogP contribution is -2.11. The van der Waals surface area contributed by atoms with E-state index in [1.54, 1.807) is 20.2 Å². The van der Waals surface area contributed by atoms with Crippen molar-refractivity contribution in [2.75, 3.05) is 19.2 Å². The molecular formula is C9H13NO2. The number of benzene rings is 1. The second-order valence-electron chi connectivity index (χ2n) is 2.65. The van der Waals surface area contributed by atoms with E-state index < -0.39 is 0 Å². The summed E-state index contributed by atoms with van der Waals surface area (Å²) in [7, 11) is 3.16. The van der Waals surface area contributed by atoms with Crippen molar-refractivity contribution in [3.8, 4) is 5.75 Å². The van der Waals surface area contributed by atoms with Crippen molar-refractivity contribution in [2.45, 2.75) is 6.92 Å². The van der Waals surface area contributed by atoms with Gasteiger partial charge in [0, 0.05) is 7.05 Å². The van der Waals surface area contributed by atoms with Gasteiger partial charge in [0.1, 0.15) is 11.4 Å². The maximum absolute atomic E-state index is 9.21. The quantitative estimate of drug-likeness (QED) is 0.682. The van der Waals surface area contributed by atoms with Gasteiger partial charge in [0.25, 0.3) is 0 Å². The number of aryl methyl sites for hydroxylation is 1. The Morgan fingerprint density at radius 2 is 2.08 bits per heavy atom. The van der Waals surface area contributed by atoms with Crippen molar-refractivity contribution in [3.63, 3.8) is 0 Å². The largest absolute Gasteiger partial charge is 0.494 e. The van der Waals surface area contributed by atoms with Gasteiger partial charge in [-0.1, -0.05) is 12.1 Å². The van der Waals surface area contributed by atoms with Crippen LogP contribution < -0.4 is 9.80 Å². The normalized spacial score (nSPS) is 9.67. The highest BCUT2D eigenvalue weighted by Crippen LogP contribution is 2.29. The van der Waals surface area contributed by atoms with Gasteiger partial charge in [-0.3, -0.25) is 10.3 Å². The number of hydroxylamine groups is 1. The molecule has 0 fully saturated rings. The molecule has 0 unspecified atom stereocenters. The van der Waals surface area contributed by atoms with Crippen LogP contribution in [0.15, 0.2) is 18.2 Å². The minimum Gasteiger partial charge on any atom is -0.494 e. The van der Waals surface area contributed by atoms with E-state index in [4.69, 9.17) is 4.74 Å². The number of para-hydroxylation sites is 1. The molecule has 0 spiro atoms.